The Labute approximate surface area is 124 Å². The first-order chi connectivity index (χ1) is 10.0. The molecule has 112 valence electrons. The van der Waals surface area contributed by atoms with E-state index in [4.69, 9.17) is 4.74 Å². The van der Waals surface area contributed by atoms with Crippen LogP contribution < -0.4 is 0 Å². The van der Waals surface area contributed by atoms with Crippen molar-refractivity contribution in [2.24, 2.45) is 0 Å². The van der Waals surface area contributed by atoms with Crippen LogP contribution in [-0.2, 0) is 16.1 Å². The largest absolute Gasteiger partial charge is 0.460 e. The maximum Gasteiger partial charge on any atom is 0.379 e. The molecule has 0 atom stereocenters. The SMILES string of the molecule is CCOC(=O)C(=O)c1cn(CCN(C)C)c2ccccc12. The Morgan fingerprint density at radius 1 is 1.24 bits per heavy atom. The van der Waals surface area contributed by atoms with Gasteiger partial charge in [-0.2, -0.15) is 0 Å². The highest BCUT2D eigenvalue weighted by atomic mass is 16.5. The van der Waals surface area contributed by atoms with Crippen molar-refractivity contribution in [3.8, 4) is 0 Å². The molecule has 0 aliphatic heterocycles. The van der Waals surface area contributed by atoms with Gasteiger partial charge in [0.1, 0.15) is 0 Å². The van der Waals surface area contributed by atoms with Crippen molar-refractivity contribution in [2.75, 3.05) is 27.2 Å². The monoisotopic (exact) mass is 288 g/mol. The average Bonchev–Trinajstić information content (AvgIpc) is 2.83. The summed E-state index contributed by atoms with van der Waals surface area (Å²) in [5.74, 6) is -1.38. The van der Waals surface area contributed by atoms with Gasteiger partial charge in [-0.3, -0.25) is 4.79 Å². The van der Waals surface area contributed by atoms with E-state index in [1.54, 1.807) is 13.1 Å². The first kappa shape index (κ1) is 15.3. The third kappa shape index (κ3) is 3.31. The van der Waals surface area contributed by atoms with Gasteiger partial charge in [0.25, 0.3) is 5.78 Å². The van der Waals surface area contributed by atoms with Crippen LogP contribution >= 0.6 is 0 Å². The number of hydrogen-bond acceptors (Lipinski definition) is 4. The van der Waals surface area contributed by atoms with Gasteiger partial charge in [0, 0.05) is 30.2 Å². The highest BCUT2D eigenvalue weighted by molar-refractivity contribution is 6.43. The number of fused-ring (bicyclic) bond motifs is 1. The Bertz CT molecular complexity index is 659. The summed E-state index contributed by atoms with van der Waals surface area (Å²) in [6.07, 6.45) is 1.74. The molecule has 0 fully saturated rings. The van der Waals surface area contributed by atoms with Gasteiger partial charge in [0.05, 0.1) is 12.2 Å². The molecular weight excluding hydrogens is 268 g/mol. The van der Waals surface area contributed by atoms with E-state index in [0.717, 1.165) is 24.0 Å². The Balaban J connectivity index is 2.40. The average molecular weight is 288 g/mol. The summed E-state index contributed by atoms with van der Waals surface area (Å²) in [5, 5.41) is 0.786. The van der Waals surface area contributed by atoms with E-state index in [-0.39, 0.29) is 6.61 Å². The van der Waals surface area contributed by atoms with Crippen LogP contribution in [0.1, 0.15) is 17.3 Å². The quantitative estimate of drug-likeness (QED) is 0.463. The normalized spacial score (nSPS) is 11.0. The van der Waals surface area contributed by atoms with Gasteiger partial charge >= 0.3 is 5.97 Å². The first-order valence-electron chi connectivity index (χ1n) is 6.98. The molecule has 2 rings (SSSR count). The van der Waals surface area contributed by atoms with Crippen molar-refractivity contribution < 1.29 is 14.3 Å². The molecule has 0 saturated carbocycles. The molecule has 0 aliphatic rings. The fourth-order valence-electron chi connectivity index (χ4n) is 2.23. The zero-order valence-corrected chi connectivity index (χ0v) is 12.6. The zero-order chi connectivity index (χ0) is 15.4. The van der Waals surface area contributed by atoms with Gasteiger partial charge < -0.3 is 14.2 Å². The van der Waals surface area contributed by atoms with E-state index >= 15 is 0 Å². The smallest absolute Gasteiger partial charge is 0.379 e. The molecule has 0 radical (unpaired) electrons. The molecule has 0 amide bonds. The van der Waals surface area contributed by atoms with Crippen LogP contribution in [0.25, 0.3) is 10.9 Å². The predicted octanol–water partition coefficient (Wildman–Crippen LogP) is 1.95. The van der Waals surface area contributed by atoms with Gasteiger partial charge in [-0.05, 0) is 27.1 Å². The molecule has 0 bridgehead atoms. The fraction of sp³-hybridized carbons (Fsp3) is 0.375. The standard InChI is InChI=1S/C16H20N2O3/c1-4-21-16(20)15(19)13-11-18(10-9-17(2)3)14-8-6-5-7-12(13)14/h5-8,11H,4,9-10H2,1-3H3. The molecule has 1 aromatic heterocycles. The van der Waals surface area contributed by atoms with Crippen LogP contribution in [0.3, 0.4) is 0 Å². The van der Waals surface area contributed by atoms with Crippen molar-refractivity contribution in [3.63, 3.8) is 0 Å². The Kier molecular flexibility index (Phi) is 4.75. The number of likely N-dealkylation sites (N-methyl/N-ethyl adjacent to an activating group) is 1. The molecule has 2 aromatic rings. The summed E-state index contributed by atoms with van der Waals surface area (Å²) in [6, 6.07) is 7.59. The number of rotatable bonds is 6. The van der Waals surface area contributed by atoms with Crippen LogP contribution in [-0.4, -0.2) is 48.5 Å². The highest BCUT2D eigenvalue weighted by Gasteiger charge is 2.22. The Hall–Kier alpha value is -2.14. The van der Waals surface area contributed by atoms with Crippen molar-refractivity contribution >= 4 is 22.7 Å². The number of Topliss-reactive ketones (excluding diaryl/α,β-unsaturated/α-hetero) is 1. The second-order valence-corrected chi connectivity index (χ2v) is 5.11. The number of carbonyl (C=O) groups is 2. The Morgan fingerprint density at radius 2 is 1.95 bits per heavy atom. The van der Waals surface area contributed by atoms with Crippen molar-refractivity contribution in [1.82, 2.24) is 9.47 Å². The van der Waals surface area contributed by atoms with E-state index in [9.17, 15) is 9.59 Å². The summed E-state index contributed by atoms with van der Waals surface area (Å²) in [7, 11) is 3.99. The van der Waals surface area contributed by atoms with Gasteiger partial charge in [-0.25, -0.2) is 4.79 Å². The zero-order valence-electron chi connectivity index (χ0n) is 12.6. The topological polar surface area (TPSA) is 51.5 Å². The summed E-state index contributed by atoms with van der Waals surface area (Å²) < 4.78 is 6.81. The third-order valence-electron chi connectivity index (χ3n) is 3.28. The number of carbonyl (C=O) groups excluding carboxylic acids is 2. The molecular formula is C16H20N2O3. The van der Waals surface area contributed by atoms with E-state index in [1.165, 1.54) is 0 Å². The maximum atomic E-state index is 12.2. The van der Waals surface area contributed by atoms with E-state index < -0.39 is 11.8 Å². The van der Waals surface area contributed by atoms with Gasteiger partial charge in [0.2, 0.25) is 0 Å². The molecule has 1 heterocycles. The minimum atomic E-state index is -0.798. The molecule has 0 aliphatic carbocycles. The lowest BCUT2D eigenvalue weighted by atomic mass is 10.1. The number of aromatic nitrogens is 1. The van der Waals surface area contributed by atoms with Crippen LogP contribution in [0.15, 0.2) is 30.5 Å². The van der Waals surface area contributed by atoms with E-state index in [0.29, 0.717) is 5.56 Å². The lowest BCUT2D eigenvalue weighted by Crippen LogP contribution is -2.18. The van der Waals surface area contributed by atoms with Gasteiger partial charge in [0.15, 0.2) is 0 Å². The first-order valence-corrected chi connectivity index (χ1v) is 6.98. The van der Waals surface area contributed by atoms with Crippen molar-refractivity contribution in [2.45, 2.75) is 13.5 Å². The molecule has 0 saturated heterocycles. The molecule has 5 heteroatoms. The number of ether oxygens (including phenoxy) is 1. The third-order valence-corrected chi connectivity index (χ3v) is 3.28. The molecule has 1 aromatic carbocycles. The molecule has 0 spiro atoms. The van der Waals surface area contributed by atoms with Crippen LogP contribution in [0, 0.1) is 0 Å². The Morgan fingerprint density at radius 3 is 2.62 bits per heavy atom. The van der Waals surface area contributed by atoms with Crippen molar-refractivity contribution in [1.29, 1.82) is 0 Å². The van der Waals surface area contributed by atoms with E-state index in [2.05, 4.69) is 4.90 Å². The summed E-state index contributed by atoms with van der Waals surface area (Å²) in [5.41, 5.74) is 1.36. The minimum Gasteiger partial charge on any atom is -0.460 e. The molecule has 0 N–H and O–H groups in total. The number of para-hydroxylation sites is 1. The summed E-state index contributed by atoms with van der Waals surface area (Å²) >= 11 is 0. The van der Waals surface area contributed by atoms with E-state index in [1.807, 2.05) is 42.9 Å². The number of ketones is 1. The second-order valence-electron chi connectivity index (χ2n) is 5.11. The molecule has 5 nitrogen and oxygen atoms in total. The van der Waals surface area contributed by atoms with Crippen LogP contribution in [0.5, 0.6) is 0 Å². The molecule has 0 unspecified atom stereocenters. The number of nitrogens with zero attached hydrogens (tertiary/aromatic N) is 2. The maximum absolute atomic E-state index is 12.2. The fourth-order valence-corrected chi connectivity index (χ4v) is 2.23. The predicted molar refractivity (Wildman–Crippen MR) is 81.5 cm³/mol. The molecule has 21 heavy (non-hydrogen) atoms. The number of benzene rings is 1. The number of hydrogen-bond donors (Lipinski definition) is 0. The lowest BCUT2D eigenvalue weighted by molar-refractivity contribution is -0.137. The van der Waals surface area contributed by atoms with Gasteiger partial charge in [-0.1, -0.05) is 18.2 Å². The summed E-state index contributed by atoms with van der Waals surface area (Å²) in [6.45, 7) is 3.49. The highest BCUT2D eigenvalue weighted by Crippen LogP contribution is 2.22. The summed E-state index contributed by atoms with van der Waals surface area (Å²) in [4.78, 5) is 25.9. The lowest BCUT2D eigenvalue weighted by Gasteiger charge is -2.10. The number of esters is 1. The van der Waals surface area contributed by atoms with Crippen molar-refractivity contribution in [3.05, 3.63) is 36.0 Å². The minimum absolute atomic E-state index is 0.198. The van der Waals surface area contributed by atoms with Crippen LogP contribution in [0.2, 0.25) is 0 Å². The second kappa shape index (κ2) is 6.54. The van der Waals surface area contributed by atoms with Gasteiger partial charge in [-0.15, -0.1) is 0 Å². The van der Waals surface area contributed by atoms with Crippen LogP contribution in [0.4, 0.5) is 0 Å².